The van der Waals surface area contributed by atoms with Crippen LogP contribution < -0.4 is 10.5 Å². The second kappa shape index (κ2) is 9.48. The van der Waals surface area contributed by atoms with Crippen LogP contribution in [-0.4, -0.2) is 64.5 Å². The molecule has 1 saturated heterocycles. The van der Waals surface area contributed by atoms with Gasteiger partial charge in [0.1, 0.15) is 17.4 Å². The fraction of sp³-hybridized carbons (Fsp3) is 0.417. The van der Waals surface area contributed by atoms with Gasteiger partial charge in [0.2, 0.25) is 5.91 Å². The third-order valence-corrected chi connectivity index (χ3v) is 5.91. The Morgan fingerprint density at radius 3 is 2.91 bits per heavy atom. The van der Waals surface area contributed by atoms with Gasteiger partial charge in [-0.15, -0.1) is 0 Å². The Morgan fingerprint density at radius 1 is 1.25 bits per heavy atom. The monoisotopic (exact) mass is 434 g/mol. The number of hydrogen-bond donors (Lipinski definition) is 1. The van der Waals surface area contributed by atoms with Gasteiger partial charge in [-0.1, -0.05) is 12.1 Å². The van der Waals surface area contributed by atoms with Gasteiger partial charge < -0.3 is 15.4 Å². The van der Waals surface area contributed by atoms with Gasteiger partial charge in [-0.3, -0.25) is 9.69 Å². The van der Waals surface area contributed by atoms with Crippen LogP contribution in [0.15, 0.2) is 36.4 Å². The number of aryl methyl sites for hydroxylation is 1. The summed E-state index contributed by atoms with van der Waals surface area (Å²) in [6, 6.07) is 11.9. The first-order valence-corrected chi connectivity index (χ1v) is 10.9. The van der Waals surface area contributed by atoms with Crippen LogP contribution in [0.5, 0.6) is 5.75 Å². The van der Waals surface area contributed by atoms with Crippen LogP contribution in [0.2, 0.25) is 0 Å². The molecule has 1 aliphatic rings. The number of amides is 1. The summed E-state index contributed by atoms with van der Waals surface area (Å²) in [4.78, 5) is 30.4. The number of piperidine rings is 1. The number of likely N-dealkylation sites (N-methyl/N-ethyl adjacent to an activating group) is 1. The summed E-state index contributed by atoms with van der Waals surface area (Å²) in [5.74, 6) is 2.22. The van der Waals surface area contributed by atoms with E-state index in [-0.39, 0.29) is 11.8 Å². The van der Waals surface area contributed by atoms with E-state index in [0.717, 1.165) is 41.8 Å². The fourth-order valence-electron chi connectivity index (χ4n) is 4.30. The lowest BCUT2D eigenvalue weighted by Gasteiger charge is -2.33. The Morgan fingerprint density at radius 2 is 2.09 bits per heavy atom. The molecule has 3 aromatic rings. The maximum atomic E-state index is 13.0. The molecule has 2 aromatic heterocycles. The number of methoxy groups -OCH3 is 1. The van der Waals surface area contributed by atoms with Gasteiger partial charge in [0.05, 0.1) is 19.0 Å². The van der Waals surface area contributed by atoms with Gasteiger partial charge in [-0.2, -0.15) is 0 Å². The van der Waals surface area contributed by atoms with E-state index in [4.69, 9.17) is 15.5 Å². The van der Waals surface area contributed by atoms with Crippen molar-refractivity contribution in [1.29, 1.82) is 0 Å². The predicted octanol–water partition coefficient (Wildman–Crippen LogP) is 2.76. The number of anilines is 1. The molecule has 1 amide bonds. The number of carbonyl (C=O) groups excluding carboxylic acids is 1. The predicted molar refractivity (Wildman–Crippen MR) is 124 cm³/mol. The molecule has 8 nitrogen and oxygen atoms in total. The number of nitrogens with two attached hydrogens (primary N) is 1. The number of aromatic nitrogens is 3. The van der Waals surface area contributed by atoms with E-state index in [9.17, 15) is 4.79 Å². The smallest absolute Gasteiger partial charge is 0.236 e. The standard InChI is InChI=1S/C24H30N6O2/c1-16-26-23(25)20-9-10-21(28-24(20)27-16)18-7-5-11-30(14-18)22(31)15-29(2)13-17-6-4-8-19(12-17)32-3/h4,6,8-10,12,18H,5,7,11,13-15H2,1-3H3,(H2,25,26,27,28). The van der Waals surface area contributed by atoms with E-state index in [0.29, 0.717) is 36.9 Å². The first-order valence-electron chi connectivity index (χ1n) is 10.9. The zero-order valence-electron chi connectivity index (χ0n) is 18.9. The summed E-state index contributed by atoms with van der Waals surface area (Å²) in [6.45, 7) is 4.33. The lowest BCUT2D eigenvalue weighted by Crippen LogP contribution is -2.43. The van der Waals surface area contributed by atoms with Crippen molar-refractivity contribution in [2.45, 2.75) is 32.2 Å². The number of nitrogen functional groups attached to an aromatic ring is 1. The average molecular weight is 435 g/mol. The van der Waals surface area contributed by atoms with Crippen molar-refractivity contribution in [2.75, 3.05) is 39.5 Å². The molecule has 8 heteroatoms. The van der Waals surface area contributed by atoms with Gasteiger partial charge in [0.25, 0.3) is 0 Å². The summed E-state index contributed by atoms with van der Waals surface area (Å²) in [7, 11) is 3.63. The number of pyridine rings is 1. The molecule has 32 heavy (non-hydrogen) atoms. The van der Waals surface area contributed by atoms with E-state index in [1.165, 1.54) is 0 Å². The van der Waals surface area contributed by atoms with Crippen LogP contribution in [0.25, 0.3) is 11.0 Å². The highest BCUT2D eigenvalue weighted by atomic mass is 16.5. The molecule has 0 aliphatic carbocycles. The highest BCUT2D eigenvalue weighted by Gasteiger charge is 2.26. The number of fused-ring (bicyclic) bond motifs is 1. The summed E-state index contributed by atoms with van der Waals surface area (Å²) in [5.41, 5.74) is 8.70. The largest absolute Gasteiger partial charge is 0.497 e. The van der Waals surface area contributed by atoms with Crippen LogP contribution in [0.1, 0.15) is 35.8 Å². The van der Waals surface area contributed by atoms with E-state index in [1.807, 2.05) is 60.2 Å². The zero-order valence-corrected chi connectivity index (χ0v) is 18.9. The molecule has 168 valence electrons. The molecule has 3 heterocycles. The number of likely N-dealkylation sites (tertiary alicyclic amines) is 1. The minimum absolute atomic E-state index is 0.142. The average Bonchev–Trinajstić information content (AvgIpc) is 2.78. The minimum atomic E-state index is 0.142. The van der Waals surface area contributed by atoms with Crippen LogP contribution in [-0.2, 0) is 11.3 Å². The van der Waals surface area contributed by atoms with Crippen molar-refractivity contribution in [1.82, 2.24) is 24.8 Å². The second-order valence-electron chi connectivity index (χ2n) is 8.47. The summed E-state index contributed by atoms with van der Waals surface area (Å²) < 4.78 is 5.29. The molecule has 0 spiro atoms. The van der Waals surface area contributed by atoms with Crippen molar-refractivity contribution >= 4 is 22.8 Å². The van der Waals surface area contributed by atoms with Gasteiger partial charge in [0, 0.05) is 31.2 Å². The summed E-state index contributed by atoms with van der Waals surface area (Å²) in [6.07, 6.45) is 1.96. The van der Waals surface area contributed by atoms with E-state index >= 15 is 0 Å². The number of nitrogens with zero attached hydrogens (tertiary/aromatic N) is 5. The number of hydrogen-bond acceptors (Lipinski definition) is 7. The molecule has 1 aliphatic heterocycles. The molecule has 4 rings (SSSR count). The Bertz CT molecular complexity index is 1120. The zero-order chi connectivity index (χ0) is 22.7. The molecule has 0 saturated carbocycles. The van der Waals surface area contributed by atoms with Crippen LogP contribution >= 0.6 is 0 Å². The highest BCUT2D eigenvalue weighted by molar-refractivity contribution is 5.85. The second-order valence-corrected chi connectivity index (χ2v) is 8.47. The van der Waals surface area contributed by atoms with Gasteiger partial charge in [-0.25, -0.2) is 15.0 Å². The van der Waals surface area contributed by atoms with E-state index < -0.39 is 0 Å². The lowest BCUT2D eigenvalue weighted by molar-refractivity contribution is -0.133. The van der Waals surface area contributed by atoms with Gasteiger partial charge in [-0.05, 0) is 56.6 Å². The Labute approximate surface area is 188 Å². The Balaban J connectivity index is 1.41. The third-order valence-electron chi connectivity index (χ3n) is 5.91. The van der Waals surface area contributed by atoms with Crippen molar-refractivity contribution in [3.63, 3.8) is 0 Å². The Kier molecular flexibility index (Phi) is 6.50. The van der Waals surface area contributed by atoms with Crippen molar-refractivity contribution in [2.24, 2.45) is 0 Å². The van der Waals surface area contributed by atoms with Crippen LogP contribution in [0.4, 0.5) is 5.82 Å². The highest BCUT2D eigenvalue weighted by Crippen LogP contribution is 2.28. The minimum Gasteiger partial charge on any atom is -0.497 e. The number of ether oxygens (including phenoxy) is 1. The van der Waals surface area contributed by atoms with Crippen LogP contribution in [0, 0.1) is 6.92 Å². The SMILES string of the molecule is COc1cccc(CN(C)CC(=O)N2CCCC(c3ccc4c(N)nc(C)nc4n3)C2)c1. The van der Waals surface area contributed by atoms with E-state index in [2.05, 4.69) is 9.97 Å². The lowest BCUT2D eigenvalue weighted by atomic mass is 9.94. The summed E-state index contributed by atoms with van der Waals surface area (Å²) >= 11 is 0. The molecule has 0 bridgehead atoms. The number of carbonyl (C=O) groups is 1. The maximum absolute atomic E-state index is 13.0. The molecule has 1 aromatic carbocycles. The first kappa shape index (κ1) is 22.0. The van der Waals surface area contributed by atoms with Crippen molar-refractivity contribution < 1.29 is 9.53 Å². The maximum Gasteiger partial charge on any atom is 0.236 e. The third kappa shape index (κ3) is 4.96. The summed E-state index contributed by atoms with van der Waals surface area (Å²) in [5, 5.41) is 0.766. The van der Waals surface area contributed by atoms with Crippen LogP contribution in [0.3, 0.4) is 0 Å². The van der Waals surface area contributed by atoms with E-state index in [1.54, 1.807) is 7.11 Å². The van der Waals surface area contributed by atoms with Crippen molar-refractivity contribution in [3.05, 3.63) is 53.5 Å². The molecule has 1 atom stereocenters. The Hall–Kier alpha value is -3.26. The molecular weight excluding hydrogens is 404 g/mol. The molecule has 0 radical (unpaired) electrons. The molecule has 1 unspecified atom stereocenters. The number of benzene rings is 1. The normalized spacial score (nSPS) is 16.5. The van der Waals surface area contributed by atoms with Crippen molar-refractivity contribution in [3.8, 4) is 5.75 Å². The van der Waals surface area contributed by atoms with Gasteiger partial charge in [0.15, 0.2) is 5.65 Å². The molecule has 1 fully saturated rings. The molecular formula is C24H30N6O2. The molecule has 2 N–H and O–H groups in total. The fourth-order valence-corrected chi connectivity index (χ4v) is 4.30. The topological polar surface area (TPSA) is 97.5 Å². The number of rotatable bonds is 6. The first-order chi connectivity index (χ1) is 15.4. The quantitative estimate of drug-likeness (QED) is 0.637. The van der Waals surface area contributed by atoms with Gasteiger partial charge >= 0.3 is 0 Å².